The minimum absolute atomic E-state index is 0.165. The van der Waals surface area contributed by atoms with Crippen molar-refractivity contribution in [2.75, 3.05) is 34.9 Å². The Balaban J connectivity index is 3.06. The molecule has 2 N–H and O–H groups in total. The van der Waals surface area contributed by atoms with Gasteiger partial charge in [0.2, 0.25) is 5.91 Å². The number of benzene rings is 1. The number of nitrogens with two attached hydrogens (primary N) is 1. The second-order valence-electron chi connectivity index (χ2n) is 4.15. The number of primary amides is 1. The molecule has 0 spiro atoms. The van der Waals surface area contributed by atoms with Gasteiger partial charge in [0, 0.05) is 18.7 Å². The first kappa shape index (κ1) is 15.1. The van der Waals surface area contributed by atoms with Crippen molar-refractivity contribution in [2.24, 2.45) is 5.73 Å². The summed E-state index contributed by atoms with van der Waals surface area (Å²) in [5, 5.41) is 0. The van der Waals surface area contributed by atoms with Crippen molar-refractivity contribution >= 4 is 5.91 Å². The summed E-state index contributed by atoms with van der Waals surface area (Å²) in [4.78, 5) is 12.7. The number of methoxy groups -OCH3 is 3. The van der Waals surface area contributed by atoms with E-state index in [0.717, 1.165) is 5.56 Å². The van der Waals surface area contributed by atoms with Gasteiger partial charge < -0.3 is 19.9 Å². The van der Waals surface area contributed by atoms with Gasteiger partial charge in [-0.2, -0.15) is 0 Å². The molecule has 0 radical (unpaired) electrons. The third-order valence-corrected chi connectivity index (χ3v) is 2.67. The van der Waals surface area contributed by atoms with E-state index in [0.29, 0.717) is 23.8 Å². The van der Waals surface area contributed by atoms with Crippen LogP contribution in [0.1, 0.15) is 5.56 Å². The van der Waals surface area contributed by atoms with Crippen LogP contribution in [0.15, 0.2) is 12.1 Å². The van der Waals surface area contributed by atoms with Gasteiger partial charge in [0.15, 0.2) is 0 Å². The highest BCUT2D eigenvalue weighted by atomic mass is 16.5. The molecule has 0 atom stereocenters. The van der Waals surface area contributed by atoms with Crippen LogP contribution in [0.2, 0.25) is 0 Å². The molecular weight excluding hydrogens is 248 g/mol. The van der Waals surface area contributed by atoms with E-state index in [9.17, 15) is 4.79 Å². The molecule has 0 saturated carbocycles. The smallest absolute Gasteiger partial charge is 0.231 e. The lowest BCUT2D eigenvalue weighted by molar-refractivity contribution is -0.118. The first-order valence-corrected chi connectivity index (χ1v) is 5.77. The highest BCUT2D eigenvalue weighted by Crippen LogP contribution is 2.34. The molecule has 0 fully saturated rings. The van der Waals surface area contributed by atoms with E-state index < -0.39 is 0 Å². The topological polar surface area (TPSA) is 74.0 Å². The number of carbonyl (C=O) groups excluding carboxylic acids is 1. The SMILES string of the molecule is COc1cc(OC)c(CN(C)CC(N)=O)c(OC)c1. The van der Waals surface area contributed by atoms with Gasteiger partial charge >= 0.3 is 0 Å². The van der Waals surface area contributed by atoms with Crippen LogP contribution in [0.4, 0.5) is 0 Å². The fourth-order valence-electron chi connectivity index (χ4n) is 1.83. The Labute approximate surface area is 113 Å². The summed E-state index contributed by atoms with van der Waals surface area (Å²) in [6, 6.07) is 3.55. The van der Waals surface area contributed by atoms with E-state index in [1.165, 1.54) is 0 Å². The van der Waals surface area contributed by atoms with E-state index in [1.807, 2.05) is 0 Å². The molecule has 106 valence electrons. The van der Waals surface area contributed by atoms with Crippen molar-refractivity contribution in [1.82, 2.24) is 4.90 Å². The molecule has 1 amide bonds. The Hall–Kier alpha value is -1.95. The molecule has 0 aromatic heterocycles. The Bertz CT molecular complexity index is 423. The van der Waals surface area contributed by atoms with Crippen LogP contribution in [0, 0.1) is 0 Å². The zero-order chi connectivity index (χ0) is 14.4. The van der Waals surface area contributed by atoms with Crippen LogP contribution in [0.3, 0.4) is 0 Å². The summed E-state index contributed by atoms with van der Waals surface area (Å²) >= 11 is 0. The molecule has 19 heavy (non-hydrogen) atoms. The Morgan fingerprint density at radius 1 is 1.16 bits per heavy atom. The summed E-state index contributed by atoms with van der Waals surface area (Å²) in [5.41, 5.74) is 6.01. The zero-order valence-corrected chi connectivity index (χ0v) is 11.7. The van der Waals surface area contributed by atoms with Crippen LogP contribution in [-0.4, -0.2) is 45.7 Å². The lowest BCUT2D eigenvalue weighted by atomic mass is 10.1. The molecule has 1 aromatic rings. The predicted octanol–water partition coefficient (Wildman–Crippen LogP) is 0.630. The third-order valence-electron chi connectivity index (χ3n) is 2.67. The van der Waals surface area contributed by atoms with Crippen molar-refractivity contribution in [3.63, 3.8) is 0 Å². The van der Waals surface area contributed by atoms with E-state index in [1.54, 1.807) is 45.4 Å². The molecule has 1 rings (SSSR count). The normalized spacial score (nSPS) is 10.4. The van der Waals surface area contributed by atoms with Gasteiger partial charge in [0.05, 0.1) is 33.4 Å². The first-order valence-electron chi connectivity index (χ1n) is 5.77. The minimum atomic E-state index is -0.381. The highest BCUT2D eigenvalue weighted by molar-refractivity contribution is 5.75. The van der Waals surface area contributed by atoms with Gasteiger partial charge in [-0.15, -0.1) is 0 Å². The van der Waals surface area contributed by atoms with E-state index in [4.69, 9.17) is 19.9 Å². The molecular formula is C13H20N2O4. The van der Waals surface area contributed by atoms with Crippen molar-refractivity contribution in [1.29, 1.82) is 0 Å². The van der Waals surface area contributed by atoms with Crippen molar-refractivity contribution in [3.05, 3.63) is 17.7 Å². The van der Waals surface area contributed by atoms with Gasteiger partial charge in [-0.25, -0.2) is 0 Å². The van der Waals surface area contributed by atoms with E-state index in [2.05, 4.69) is 0 Å². The molecule has 6 nitrogen and oxygen atoms in total. The second-order valence-corrected chi connectivity index (χ2v) is 4.15. The predicted molar refractivity (Wildman–Crippen MR) is 71.6 cm³/mol. The quantitative estimate of drug-likeness (QED) is 0.785. The molecule has 6 heteroatoms. The number of hydrogen-bond acceptors (Lipinski definition) is 5. The molecule has 0 bridgehead atoms. The van der Waals surface area contributed by atoms with Crippen LogP contribution in [0.25, 0.3) is 0 Å². The first-order chi connectivity index (χ1) is 9.01. The molecule has 0 saturated heterocycles. The minimum Gasteiger partial charge on any atom is -0.496 e. The fourth-order valence-corrected chi connectivity index (χ4v) is 1.83. The number of carbonyl (C=O) groups is 1. The van der Waals surface area contributed by atoms with Crippen molar-refractivity contribution in [3.8, 4) is 17.2 Å². The molecule has 0 heterocycles. The summed E-state index contributed by atoms with van der Waals surface area (Å²) in [7, 11) is 6.53. The number of ether oxygens (including phenoxy) is 3. The fraction of sp³-hybridized carbons (Fsp3) is 0.462. The lowest BCUT2D eigenvalue weighted by Gasteiger charge is -2.20. The van der Waals surface area contributed by atoms with Gasteiger partial charge in [-0.3, -0.25) is 9.69 Å². The maximum absolute atomic E-state index is 10.9. The number of hydrogen-bond donors (Lipinski definition) is 1. The molecule has 0 aliphatic carbocycles. The third kappa shape index (κ3) is 4.03. The van der Waals surface area contributed by atoms with Gasteiger partial charge in [-0.1, -0.05) is 0 Å². The number of amides is 1. The zero-order valence-electron chi connectivity index (χ0n) is 11.7. The van der Waals surface area contributed by atoms with Crippen LogP contribution in [0.5, 0.6) is 17.2 Å². The number of nitrogens with zero attached hydrogens (tertiary/aromatic N) is 1. The lowest BCUT2D eigenvalue weighted by Crippen LogP contribution is -2.30. The monoisotopic (exact) mass is 268 g/mol. The maximum atomic E-state index is 10.9. The van der Waals surface area contributed by atoms with Crippen molar-refractivity contribution in [2.45, 2.75) is 6.54 Å². The maximum Gasteiger partial charge on any atom is 0.231 e. The van der Waals surface area contributed by atoms with E-state index in [-0.39, 0.29) is 12.5 Å². The Kier molecular flexibility index (Phi) is 5.44. The van der Waals surface area contributed by atoms with Crippen LogP contribution < -0.4 is 19.9 Å². The highest BCUT2D eigenvalue weighted by Gasteiger charge is 2.15. The average molecular weight is 268 g/mol. The van der Waals surface area contributed by atoms with Crippen molar-refractivity contribution < 1.29 is 19.0 Å². The summed E-state index contributed by atoms with van der Waals surface area (Å²) in [6.45, 7) is 0.650. The Morgan fingerprint density at radius 3 is 2.05 bits per heavy atom. The summed E-state index contributed by atoms with van der Waals surface area (Å²) in [6.07, 6.45) is 0. The van der Waals surface area contributed by atoms with Gasteiger partial charge in [0.25, 0.3) is 0 Å². The van der Waals surface area contributed by atoms with Gasteiger partial charge in [-0.05, 0) is 7.05 Å². The number of rotatable bonds is 7. The average Bonchev–Trinajstić information content (AvgIpc) is 2.37. The Morgan fingerprint density at radius 2 is 1.68 bits per heavy atom. The van der Waals surface area contributed by atoms with Gasteiger partial charge in [0.1, 0.15) is 17.2 Å². The number of likely N-dealkylation sites (N-methyl/N-ethyl adjacent to an activating group) is 1. The largest absolute Gasteiger partial charge is 0.496 e. The summed E-state index contributed by atoms with van der Waals surface area (Å²) < 4.78 is 15.8. The van der Waals surface area contributed by atoms with E-state index >= 15 is 0 Å². The molecule has 0 unspecified atom stereocenters. The molecule has 0 aliphatic rings. The van der Waals surface area contributed by atoms with Crippen LogP contribution in [-0.2, 0) is 11.3 Å². The standard InChI is InChI=1S/C13H20N2O4/c1-15(8-13(14)16)7-10-11(18-3)5-9(17-2)6-12(10)19-4/h5-6H,7-8H2,1-4H3,(H2,14,16). The second kappa shape index (κ2) is 6.84. The van der Waals surface area contributed by atoms with Crippen LogP contribution >= 0.6 is 0 Å². The summed E-state index contributed by atoms with van der Waals surface area (Å²) in [5.74, 6) is 1.56. The molecule has 1 aromatic carbocycles. The molecule has 0 aliphatic heterocycles.